The lowest BCUT2D eigenvalue weighted by molar-refractivity contribution is -0.137. The fourth-order valence-electron chi connectivity index (χ4n) is 1.93. The second-order valence-corrected chi connectivity index (χ2v) is 5.21. The van der Waals surface area contributed by atoms with E-state index in [1.54, 1.807) is 48.5 Å². The Morgan fingerprint density at radius 1 is 1.12 bits per heavy atom. The average molecular weight is 323 g/mol. The monoisotopic (exact) mass is 323 g/mol. The molecule has 2 aromatic rings. The van der Waals surface area contributed by atoms with Crippen molar-refractivity contribution in [2.45, 2.75) is 25.9 Å². The van der Waals surface area contributed by atoms with Crippen LogP contribution in [0.25, 0.3) is 0 Å². The number of hydrogen-bond acceptors (Lipinski definition) is 5. The normalized spacial score (nSPS) is 11.8. The van der Waals surface area contributed by atoms with E-state index in [0.29, 0.717) is 29.1 Å². The molecule has 6 nitrogen and oxygen atoms in total. The van der Waals surface area contributed by atoms with E-state index in [0.717, 1.165) is 0 Å². The van der Waals surface area contributed by atoms with Gasteiger partial charge in [-0.3, -0.25) is 4.79 Å². The van der Waals surface area contributed by atoms with Crippen LogP contribution in [0.15, 0.2) is 58.8 Å². The average Bonchev–Trinajstić information content (AvgIpc) is 2.60. The summed E-state index contributed by atoms with van der Waals surface area (Å²) in [6, 6.07) is 15.9. The van der Waals surface area contributed by atoms with Gasteiger partial charge < -0.3 is 9.84 Å². The summed E-state index contributed by atoms with van der Waals surface area (Å²) >= 11 is 0. The van der Waals surface area contributed by atoms with Crippen LogP contribution in [0.4, 0.5) is 11.4 Å². The Hall–Kier alpha value is -3.20. The van der Waals surface area contributed by atoms with Gasteiger partial charge in [-0.05, 0) is 61.9 Å². The van der Waals surface area contributed by atoms with Crippen LogP contribution >= 0.6 is 0 Å². The third-order valence-corrected chi connectivity index (χ3v) is 3.22. The first kappa shape index (κ1) is 17.2. The lowest BCUT2D eigenvalue weighted by Gasteiger charge is -2.13. The van der Waals surface area contributed by atoms with Crippen molar-refractivity contribution in [2.24, 2.45) is 10.2 Å². The van der Waals surface area contributed by atoms with Crippen molar-refractivity contribution in [3.63, 3.8) is 0 Å². The number of ether oxygens (including phenoxy) is 1. The van der Waals surface area contributed by atoms with E-state index in [9.17, 15) is 4.79 Å². The van der Waals surface area contributed by atoms with Gasteiger partial charge in [-0.1, -0.05) is 0 Å². The van der Waals surface area contributed by atoms with Crippen molar-refractivity contribution in [3.8, 4) is 11.8 Å². The zero-order valence-electron chi connectivity index (χ0n) is 13.2. The highest BCUT2D eigenvalue weighted by atomic mass is 16.5. The Morgan fingerprint density at radius 3 is 2.17 bits per heavy atom. The Morgan fingerprint density at radius 2 is 1.67 bits per heavy atom. The Labute approximate surface area is 140 Å². The molecule has 0 spiro atoms. The molecule has 122 valence electrons. The van der Waals surface area contributed by atoms with Crippen molar-refractivity contribution >= 4 is 17.3 Å². The smallest absolute Gasteiger partial charge is 0.303 e. The molecule has 1 N–H and O–H groups in total. The van der Waals surface area contributed by atoms with E-state index < -0.39 is 5.97 Å². The molecular formula is C18H17N3O3. The van der Waals surface area contributed by atoms with Crippen LogP contribution in [0.3, 0.4) is 0 Å². The molecular weight excluding hydrogens is 306 g/mol. The molecule has 1 unspecified atom stereocenters. The minimum absolute atomic E-state index is 0.0814. The van der Waals surface area contributed by atoms with Crippen LogP contribution in [0.2, 0.25) is 0 Å². The largest absolute Gasteiger partial charge is 0.491 e. The minimum Gasteiger partial charge on any atom is -0.491 e. The van der Waals surface area contributed by atoms with E-state index in [4.69, 9.17) is 15.1 Å². The second-order valence-electron chi connectivity index (χ2n) is 5.21. The van der Waals surface area contributed by atoms with Crippen molar-refractivity contribution in [2.75, 3.05) is 0 Å². The Balaban J connectivity index is 1.92. The number of carboxylic acid groups (broad SMARTS) is 1. The SMILES string of the molecule is CC(CCC(=O)O)Oc1ccc(N=Nc2ccc(C#N)cc2)cc1. The summed E-state index contributed by atoms with van der Waals surface area (Å²) in [6.07, 6.45) is 0.361. The van der Waals surface area contributed by atoms with Crippen molar-refractivity contribution in [1.82, 2.24) is 0 Å². The van der Waals surface area contributed by atoms with E-state index in [1.807, 2.05) is 13.0 Å². The Kier molecular flexibility index (Phi) is 6.03. The zero-order chi connectivity index (χ0) is 17.4. The van der Waals surface area contributed by atoms with Crippen LogP contribution in [0, 0.1) is 11.3 Å². The highest BCUT2D eigenvalue weighted by Gasteiger charge is 2.07. The topological polar surface area (TPSA) is 95.0 Å². The number of carbonyl (C=O) groups is 1. The second kappa shape index (κ2) is 8.44. The lowest BCUT2D eigenvalue weighted by atomic mass is 10.2. The standard InChI is InChI=1S/C18H17N3O3/c1-13(2-11-18(22)23)24-17-9-7-16(8-10-17)21-20-15-5-3-14(12-19)4-6-15/h3-10,13H,2,11H2,1H3,(H,22,23). The third kappa shape index (κ3) is 5.54. The highest BCUT2D eigenvalue weighted by molar-refractivity contribution is 5.66. The van der Waals surface area contributed by atoms with Gasteiger partial charge in [-0.2, -0.15) is 15.5 Å². The maximum absolute atomic E-state index is 10.5. The van der Waals surface area contributed by atoms with Gasteiger partial charge in [0.1, 0.15) is 5.75 Å². The summed E-state index contributed by atoms with van der Waals surface area (Å²) in [5.74, 6) is -0.172. The molecule has 24 heavy (non-hydrogen) atoms. The van der Waals surface area contributed by atoms with Gasteiger partial charge in [0.25, 0.3) is 0 Å². The van der Waals surface area contributed by atoms with Crippen LogP contribution < -0.4 is 4.74 Å². The Bertz CT molecular complexity index is 747. The number of benzene rings is 2. The van der Waals surface area contributed by atoms with Gasteiger partial charge in [0, 0.05) is 6.42 Å². The predicted molar refractivity (Wildman–Crippen MR) is 88.7 cm³/mol. The number of carboxylic acids is 1. The number of aliphatic carboxylic acids is 1. The molecule has 6 heteroatoms. The number of nitriles is 1. The summed E-state index contributed by atoms with van der Waals surface area (Å²) in [4.78, 5) is 10.5. The molecule has 0 aliphatic carbocycles. The molecule has 0 aliphatic heterocycles. The first-order valence-corrected chi connectivity index (χ1v) is 7.47. The highest BCUT2D eigenvalue weighted by Crippen LogP contribution is 2.22. The summed E-state index contributed by atoms with van der Waals surface area (Å²) in [5.41, 5.74) is 1.91. The van der Waals surface area contributed by atoms with Crippen molar-refractivity contribution in [3.05, 3.63) is 54.1 Å². The van der Waals surface area contributed by atoms with Gasteiger partial charge in [0.2, 0.25) is 0 Å². The molecule has 0 aliphatic rings. The molecule has 0 aromatic heterocycles. The molecule has 0 saturated heterocycles. The van der Waals surface area contributed by atoms with Crippen molar-refractivity contribution in [1.29, 1.82) is 5.26 Å². The lowest BCUT2D eigenvalue weighted by Crippen LogP contribution is -2.13. The fourth-order valence-corrected chi connectivity index (χ4v) is 1.93. The van der Waals surface area contributed by atoms with Crippen LogP contribution in [0.5, 0.6) is 5.75 Å². The summed E-state index contributed by atoms with van der Waals surface area (Å²) in [5, 5.41) is 25.6. The number of hydrogen-bond donors (Lipinski definition) is 1. The molecule has 0 fully saturated rings. The molecule has 0 heterocycles. The molecule has 2 aromatic carbocycles. The summed E-state index contributed by atoms with van der Waals surface area (Å²) in [6.45, 7) is 1.83. The van der Waals surface area contributed by atoms with Gasteiger partial charge in [-0.25, -0.2) is 0 Å². The predicted octanol–water partition coefficient (Wildman–Crippen LogP) is 4.61. The first-order chi connectivity index (χ1) is 11.6. The molecule has 2 rings (SSSR count). The molecule has 0 saturated carbocycles. The van der Waals surface area contributed by atoms with Crippen LogP contribution in [0.1, 0.15) is 25.3 Å². The van der Waals surface area contributed by atoms with E-state index in [-0.39, 0.29) is 12.5 Å². The van der Waals surface area contributed by atoms with Gasteiger partial charge in [0.15, 0.2) is 0 Å². The van der Waals surface area contributed by atoms with Gasteiger partial charge in [0.05, 0.1) is 29.1 Å². The van der Waals surface area contributed by atoms with E-state index >= 15 is 0 Å². The van der Waals surface area contributed by atoms with Crippen LogP contribution in [-0.4, -0.2) is 17.2 Å². The zero-order valence-corrected chi connectivity index (χ0v) is 13.2. The summed E-state index contributed by atoms with van der Waals surface area (Å²) < 4.78 is 5.64. The van der Waals surface area contributed by atoms with E-state index in [2.05, 4.69) is 10.2 Å². The molecule has 0 amide bonds. The van der Waals surface area contributed by atoms with E-state index in [1.165, 1.54) is 0 Å². The first-order valence-electron chi connectivity index (χ1n) is 7.47. The maximum atomic E-state index is 10.5. The van der Waals surface area contributed by atoms with Crippen LogP contribution in [-0.2, 0) is 4.79 Å². The summed E-state index contributed by atoms with van der Waals surface area (Å²) in [7, 11) is 0. The molecule has 0 bridgehead atoms. The third-order valence-electron chi connectivity index (χ3n) is 3.22. The number of azo groups is 1. The quantitative estimate of drug-likeness (QED) is 0.753. The molecule has 0 radical (unpaired) electrons. The van der Waals surface area contributed by atoms with Gasteiger partial charge in [-0.15, -0.1) is 0 Å². The maximum Gasteiger partial charge on any atom is 0.303 e. The fraction of sp³-hybridized carbons (Fsp3) is 0.222. The number of rotatable bonds is 7. The number of nitrogens with zero attached hydrogens (tertiary/aromatic N) is 3. The van der Waals surface area contributed by atoms with Crippen molar-refractivity contribution < 1.29 is 14.6 Å². The minimum atomic E-state index is -0.830. The van der Waals surface area contributed by atoms with Gasteiger partial charge >= 0.3 is 5.97 Å². The molecule has 1 atom stereocenters.